The first-order valence-electron chi connectivity index (χ1n) is 17.4. The molecule has 50 heavy (non-hydrogen) atoms. The maximum Gasteiger partial charge on any atom is 0.0547 e. The van der Waals surface area contributed by atoms with Crippen LogP contribution in [0.5, 0.6) is 0 Å². The van der Waals surface area contributed by atoms with E-state index >= 15 is 0 Å². The van der Waals surface area contributed by atoms with Gasteiger partial charge in [-0.15, -0.1) is 0 Å². The third kappa shape index (κ3) is 5.23. The van der Waals surface area contributed by atoms with Crippen molar-refractivity contribution in [1.82, 2.24) is 4.57 Å². The van der Waals surface area contributed by atoms with Crippen molar-refractivity contribution in [3.8, 4) is 33.4 Å². The molecule has 1 aliphatic rings. The zero-order valence-electron chi connectivity index (χ0n) is 27.8. The number of rotatable bonds is 7. The van der Waals surface area contributed by atoms with Gasteiger partial charge >= 0.3 is 0 Å². The molecule has 0 radical (unpaired) electrons. The number of nitrogens with zero attached hydrogens (tertiary/aromatic N) is 2. The number of anilines is 3. The summed E-state index contributed by atoms with van der Waals surface area (Å²) < 4.78 is 2.44. The van der Waals surface area contributed by atoms with Crippen molar-refractivity contribution in [3.05, 3.63) is 194 Å². The van der Waals surface area contributed by atoms with Crippen molar-refractivity contribution in [2.24, 2.45) is 0 Å². The third-order valence-electron chi connectivity index (χ3n) is 9.80. The van der Waals surface area contributed by atoms with Crippen molar-refractivity contribution in [2.45, 2.75) is 12.8 Å². The first-order chi connectivity index (χ1) is 24.8. The molecule has 2 heteroatoms. The molecule has 0 fully saturated rings. The Balaban J connectivity index is 1.23. The van der Waals surface area contributed by atoms with Gasteiger partial charge < -0.3 is 9.47 Å². The zero-order chi connectivity index (χ0) is 33.3. The highest BCUT2D eigenvalue weighted by atomic mass is 15.1. The first-order valence-corrected chi connectivity index (χ1v) is 17.4. The predicted molar refractivity (Wildman–Crippen MR) is 213 cm³/mol. The standard InChI is InChI=1S/C48H36N2/c1-4-18-35(19-5-1)40-26-10-13-30-44(40)49(38-22-6-2-7-23-38)45-31-14-11-27-41(45)36-20-16-21-37(34-36)42-29-17-33-47-48(42)43-28-12-15-32-46(43)50(47)39-24-8-3-9-25-39/h1-2,4-8,10-34H,3,9H2. The number of fused-ring (bicyclic) bond motifs is 3. The van der Waals surface area contributed by atoms with E-state index in [9.17, 15) is 0 Å². The Kier molecular flexibility index (Phi) is 7.68. The molecule has 0 atom stereocenters. The highest BCUT2D eigenvalue weighted by molar-refractivity contribution is 6.16. The fourth-order valence-electron chi connectivity index (χ4n) is 7.59. The van der Waals surface area contributed by atoms with Crippen LogP contribution in [-0.4, -0.2) is 4.57 Å². The van der Waals surface area contributed by atoms with E-state index in [0.29, 0.717) is 0 Å². The molecule has 0 amide bonds. The van der Waals surface area contributed by atoms with Gasteiger partial charge in [0.05, 0.1) is 22.4 Å². The van der Waals surface area contributed by atoms with Gasteiger partial charge in [-0.05, 0) is 83.6 Å². The molecule has 2 nitrogen and oxygen atoms in total. The second-order valence-corrected chi connectivity index (χ2v) is 12.8. The minimum absolute atomic E-state index is 1.07. The maximum atomic E-state index is 2.44. The van der Waals surface area contributed by atoms with Gasteiger partial charge in [0.15, 0.2) is 0 Å². The van der Waals surface area contributed by atoms with Gasteiger partial charge in [0.2, 0.25) is 0 Å². The van der Waals surface area contributed by atoms with E-state index in [1.54, 1.807) is 0 Å². The van der Waals surface area contributed by atoms with Crippen LogP contribution >= 0.6 is 0 Å². The number of para-hydroxylation sites is 4. The van der Waals surface area contributed by atoms with E-state index < -0.39 is 0 Å². The van der Waals surface area contributed by atoms with Gasteiger partial charge in [0.25, 0.3) is 0 Å². The smallest absolute Gasteiger partial charge is 0.0547 e. The van der Waals surface area contributed by atoms with Crippen molar-refractivity contribution >= 4 is 44.6 Å². The minimum Gasteiger partial charge on any atom is -0.310 e. The van der Waals surface area contributed by atoms with Crippen LogP contribution in [0.2, 0.25) is 0 Å². The molecular formula is C48H36N2. The summed E-state index contributed by atoms with van der Waals surface area (Å²) in [6.45, 7) is 0. The fourth-order valence-corrected chi connectivity index (χ4v) is 7.59. The van der Waals surface area contributed by atoms with Crippen molar-refractivity contribution in [3.63, 3.8) is 0 Å². The van der Waals surface area contributed by atoms with Crippen LogP contribution in [0.15, 0.2) is 194 Å². The topological polar surface area (TPSA) is 8.17 Å². The Bertz CT molecular complexity index is 2540. The Morgan fingerprint density at radius 3 is 1.74 bits per heavy atom. The first kappa shape index (κ1) is 29.7. The van der Waals surface area contributed by atoms with Gasteiger partial charge in [0, 0.05) is 33.3 Å². The molecule has 9 rings (SSSR count). The summed E-state index contributed by atoms with van der Waals surface area (Å²) in [5.74, 6) is 0. The van der Waals surface area contributed by atoms with Crippen LogP contribution < -0.4 is 4.90 Å². The van der Waals surface area contributed by atoms with E-state index in [-0.39, 0.29) is 0 Å². The Hall–Kier alpha value is -6.38. The van der Waals surface area contributed by atoms with Gasteiger partial charge in [-0.2, -0.15) is 0 Å². The lowest BCUT2D eigenvalue weighted by Crippen LogP contribution is -2.12. The SMILES string of the molecule is C1=CC(n2c3ccccc3c3c(-c4cccc(-c5ccccc5N(c5ccccc5)c5ccccc5-c5ccccc5)c4)cccc32)=CCC1. The van der Waals surface area contributed by atoms with E-state index in [1.165, 1.54) is 60.9 Å². The van der Waals surface area contributed by atoms with Crippen LogP contribution in [0.3, 0.4) is 0 Å². The lowest BCUT2D eigenvalue weighted by molar-refractivity contribution is 1.02. The molecule has 238 valence electrons. The lowest BCUT2D eigenvalue weighted by Gasteiger charge is -2.30. The highest BCUT2D eigenvalue weighted by Crippen LogP contribution is 2.45. The van der Waals surface area contributed by atoms with Crippen LogP contribution in [0.25, 0.3) is 60.9 Å². The van der Waals surface area contributed by atoms with Crippen molar-refractivity contribution in [2.75, 3.05) is 4.90 Å². The molecular weight excluding hydrogens is 605 g/mol. The van der Waals surface area contributed by atoms with E-state index in [0.717, 1.165) is 29.9 Å². The van der Waals surface area contributed by atoms with Crippen molar-refractivity contribution < 1.29 is 0 Å². The quantitative estimate of drug-likeness (QED) is 0.168. The van der Waals surface area contributed by atoms with E-state index in [2.05, 4.69) is 204 Å². The molecule has 1 heterocycles. The molecule has 0 saturated heterocycles. The average Bonchev–Trinajstić information content (AvgIpc) is 3.54. The summed E-state index contributed by atoms with van der Waals surface area (Å²) in [5.41, 5.74) is 14.3. The van der Waals surface area contributed by atoms with Crippen LogP contribution in [0.4, 0.5) is 17.1 Å². The second-order valence-electron chi connectivity index (χ2n) is 12.8. The summed E-state index contributed by atoms with van der Waals surface area (Å²) >= 11 is 0. The average molecular weight is 641 g/mol. The molecule has 0 bridgehead atoms. The largest absolute Gasteiger partial charge is 0.310 e. The maximum absolute atomic E-state index is 2.44. The summed E-state index contributed by atoms with van der Waals surface area (Å²) in [7, 11) is 0. The number of allylic oxidation sites excluding steroid dienone is 4. The normalized spacial score (nSPS) is 12.7. The Morgan fingerprint density at radius 1 is 0.440 bits per heavy atom. The van der Waals surface area contributed by atoms with Crippen LogP contribution in [0, 0.1) is 0 Å². The highest BCUT2D eigenvalue weighted by Gasteiger charge is 2.21. The molecule has 8 aromatic rings. The zero-order valence-corrected chi connectivity index (χ0v) is 27.8. The fraction of sp³-hybridized carbons (Fsp3) is 0.0417. The van der Waals surface area contributed by atoms with Crippen LogP contribution in [-0.2, 0) is 0 Å². The molecule has 0 saturated carbocycles. The molecule has 7 aromatic carbocycles. The number of aromatic nitrogens is 1. The molecule has 0 spiro atoms. The number of benzene rings is 7. The number of hydrogen-bond acceptors (Lipinski definition) is 1. The van der Waals surface area contributed by atoms with Gasteiger partial charge in [0.1, 0.15) is 0 Å². The van der Waals surface area contributed by atoms with Gasteiger partial charge in [-0.1, -0.05) is 146 Å². The minimum atomic E-state index is 1.07. The number of hydrogen-bond donors (Lipinski definition) is 0. The summed E-state index contributed by atoms with van der Waals surface area (Å²) in [6.07, 6.45) is 9.09. The Morgan fingerprint density at radius 2 is 1.00 bits per heavy atom. The van der Waals surface area contributed by atoms with Crippen molar-refractivity contribution in [1.29, 1.82) is 0 Å². The summed E-state index contributed by atoms with van der Waals surface area (Å²) in [6, 6.07) is 63.6. The molecule has 0 aliphatic heterocycles. The van der Waals surface area contributed by atoms with E-state index in [4.69, 9.17) is 0 Å². The molecule has 1 aliphatic carbocycles. The van der Waals surface area contributed by atoms with Gasteiger partial charge in [-0.3, -0.25) is 0 Å². The van der Waals surface area contributed by atoms with E-state index in [1.807, 2.05) is 0 Å². The summed E-state index contributed by atoms with van der Waals surface area (Å²) in [4.78, 5) is 2.41. The molecule has 0 N–H and O–H groups in total. The lowest BCUT2D eigenvalue weighted by atomic mass is 9.94. The monoisotopic (exact) mass is 640 g/mol. The molecule has 1 aromatic heterocycles. The summed E-state index contributed by atoms with van der Waals surface area (Å²) in [5, 5.41) is 2.56. The van der Waals surface area contributed by atoms with Crippen LogP contribution in [0.1, 0.15) is 12.8 Å². The Labute approximate surface area is 293 Å². The predicted octanol–water partition coefficient (Wildman–Crippen LogP) is 13.5. The second kappa shape index (κ2) is 12.9. The molecule has 0 unspecified atom stereocenters. The third-order valence-corrected chi connectivity index (χ3v) is 9.80. The van der Waals surface area contributed by atoms with Gasteiger partial charge in [-0.25, -0.2) is 0 Å².